The number of rotatable bonds is 7. The van der Waals surface area contributed by atoms with Crippen molar-refractivity contribution in [3.63, 3.8) is 0 Å². The second-order valence-corrected chi connectivity index (χ2v) is 5.21. The van der Waals surface area contributed by atoms with E-state index in [-0.39, 0.29) is 19.0 Å². The molecular weight excluding hydrogens is 325 g/mol. The number of nitrogens with zero attached hydrogens (tertiary/aromatic N) is 5. The molecule has 2 aromatic heterocycles. The Hall–Kier alpha value is -2.49. The molecule has 2 heterocycles. The van der Waals surface area contributed by atoms with Crippen LogP contribution in [0.2, 0.25) is 0 Å². The van der Waals surface area contributed by atoms with Crippen LogP contribution in [-0.2, 0) is 0 Å². The van der Waals surface area contributed by atoms with Gasteiger partial charge < -0.3 is 5.32 Å². The number of hydrogen-bond acceptors (Lipinski definition) is 5. The lowest BCUT2D eigenvalue weighted by molar-refractivity contribution is -0.143. The van der Waals surface area contributed by atoms with E-state index in [1.807, 2.05) is 0 Å². The molecule has 0 atom stereocenters. The highest BCUT2D eigenvalue weighted by molar-refractivity contribution is 5.94. The van der Waals surface area contributed by atoms with E-state index in [4.69, 9.17) is 0 Å². The first-order valence-corrected chi connectivity index (χ1v) is 7.20. The maximum Gasteiger partial charge on any atom is 0.401 e. The molecule has 24 heavy (non-hydrogen) atoms. The highest BCUT2D eigenvalue weighted by atomic mass is 19.4. The molecule has 0 aliphatic heterocycles. The van der Waals surface area contributed by atoms with Crippen molar-refractivity contribution in [3.05, 3.63) is 36.5 Å². The first-order chi connectivity index (χ1) is 11.3. The second kappa shape index (κ2) is 7.86. The zero-order valence-corrected chi connectivity index (χ0v) is 13.0. The van der Waals surface area contributed by atoms with E-state index in [1.54, 1.807) is 12.1 Å². The molecule has 0 radical (unpaired) electrons. The molecule has 2 aromatic rings. The van der Waals surface area contributed by atoms with Crippen molar-refractivity contribution < 1.29 is 18.0 Å². The molecule has 0 aliphatic rings. The third kappa shape index (κ3) is 5.61. The normalized spacial score (nSPS) is 11.7. The third-order valence-corrected chi connectivity index (χ3v) is 3.11. The summed E-state index contributed by atoms with van der Waals surface area (Å²) in [5.74, 6) is 0.127. The molecule has 0 unspecified atom stereocenters. The van der Waals surface area contributed by atoms with Gasteiger partial charge in [-0.05, 0) is 32.1 Å². The Bertz CT molecular complexity index is 659. The van der Waals surface area contributed by atoms with Crippen molar-refractivity contribution >= 4 is 5.91 Å². The minimum absolute atomic E-state index is 0.236. The molecule has 0 aromatic carbocycles. The zero-order valence-electron chi connectivity index (χ0n) is 13.0. The molecule has 10 heteroatoms. The van der Waals surface area contributed by atoms with Crippen molar-refractivity contribution in [3.8, 4) is 5.82 Å². The molecule has 130 valence electrons. The van der Waals surface area contributed by atoms with Crippen LogP contribution in [0.3, 0.4) is 0 Å². The number of amides is 1. The van der Waals surface area contributed by atoms with Crippen molar-refractivity contribution in [1.82, 2.24) is 30.0 Å². The topological polar surface area (TPSA) is 75.9 Å². The summed E-state index contributed by atoms with van der Waals surface area (Å²) in [5.41, 5.74) is 0.388. The smallest absolute Gasteiger partial charge is 0.352 e. The van der Waals surface area contributed by atoms with Gasteiger partial charge in [-0.15, -0.1) is 0 Å². The van der Waals surface area contributed by atoms with Crippen LogP contribution in [0.1, 0.15) is 16.8 Å². The Labute approximate surface area is 136 Å². The fourth-order valence-electron chi connectivity index (χ4n) is 2.05. The quantitative estimate of drug-likeness (QED) is 0.767. The monoisotopic (exact) mass is 342 g/mol. The maximum absolute atomic E-state index is 12.2. The molecule has 0 fully saturated rings. The van der Waals surface area contributed by atoms with Crippen molar-refractivity contribution in [2.45, 2.75) is 12.6 Å². The van der Waals surface area contributed by atoms with Gasteiger partial charge in [-0.1, -0.05) is 0 Å². The molecule has 2 rings (SSSR count). The lowest BCUT2D eigenvalue weighted by atomic mass is 10.2. The minimum atomic E-state index is -4.22. The Balaban J connectivity index is 1.80. The maximum atomic E-state index is 12.2. The van der Waals surface area contributed by atoms with E-state index >= 15 is 0 Å². The van der Waals surface area contributed by atoms with Crippen LogP contribution in [-0.4, -0.2) is 63.4 Å². The van der Waals surface area contributed by atoms with Gasteiger partial charge in [0.1, 0.15) is 12.7 Å². The molecule has 0 saturated carbocycles. The predicted octanol–water partition coefficient (Wildman–Crippen LogP) is 1.28. The van der Waals surface area contributed by atoms with Gasteiger partial charge in [0.05, 0.1) is 6.54 Å². The Kier molecular flexibility index (Phi) is 5.85. The number of alkyl halides is 3. The van der Waals surface area contributed by atoms with Crippen LogP contribution in [0.25, 0.3) is 5.82 Å². The second-order valence-electron chi connectivity index (χ2n) is 5.21. The van der Waals surface area contributed by atoms with Crippen LogP contribution in [0.15, 0.2) is 31.0 Å². The van der Waals surface area contributed by atoms with Gasteiger partial charge in [0.2, 0.25) is 0 Å². The van der Waals surface area contributed by atoms with E-state index in [0.29, 0.717) is 17.8 Å². The average Bonchev–Trinajstić information content (AvgIpc) is 3.04. The average molecular weight is 342 g/mol. The van der Waals surface area contributed by atoms with E-state index in [2.05, 4.69) is 20.4 Å². The van der Waals surface area contributed by atoms with E-state index in [1.165, 1.54) is 35.5 Å². The van der Waals surface area contributed by atoms with Crippen molar-refractivity contribution in [2.24, 2.45) is 0 Å². The number of carbonyl (C=O) groups excluding carboxylic acids is 1. The van der Waals surface area contributed by atoms with E-state index < -0.39 is 12.7 Å². The van der Waals surface area contributed by atoms with E-state index in [0.717, 1.165) is 0 Å². The molecule has 0 aliphatic carbocycles. The van der Waals surface area contributed by atoms with Gasteiger partial charge in [-0.2, -0.15) is 18.3 Å². The Morgan fingerprint density at radius 1 is 1.42 bits per heavy atom. The summed E-state index contributed by atoms with van der Waals surface area (Å²) in [7, 11) is 1.39. The zero-order chi connectivity index (χ0) is 17.6. The van der Waals surface area contributed by atoms with Gasteiger partial charge in [0.15, 0.2) is 5.82 Å². The van der Waals surface area contributed by atoms with Gasteiger partial charge in [-0.3, -0.25) is 9.69 Å². The molecule has 0 saturated heterocycles. The van der Waals surface area contributed by atoms with Crippen LogP contribution in [0, 0.1) is 0 Å². The number of pyridine rings is 1. The largest absolute Gasteiger partial charge is 0.401 e. The van der Waals surface area contributed by atoms with Crippen LogP contribution in [0.4, 0.5) is 13.2 Å². The van der Waals surface area contributed by atoms with Gasteiger partial charge in [-0.25, -0.2) is 14.6 Å². The lowest BCUT2D eigenvalue weighted by Gasteiger charge is -2.18. The summed E-state index contributed by atoms with van der Waals surface area (Å²) in [4.78, 5) is 21.1. The predicted molar refractivity (Wildman–Crippen MR) is 79.7 cm³/mol. The first-order valence-electron chi connectivity index (χ1n) is 7.20. The number of halogens is 3. The molecular formula is C14H17F3N6O. The summed E-state index contributed by atoms with van der Waals surface area (Å²) in [6.07, 6.45) is 0.488. The molecule has 1 amide bonds. The number of aromatic nitrogens is 4. The first kappa shape index (κ1) is 17.9. The summed E-state index contributed by atoms with van der Waals surface area (Å²) in [5, 5.41) is 6.59. The minimum Gasteiger partial charge on any atom is -0.352 e. The summed E-state index contributed by atoms with van der Waals surface area (Å²) < 4.78 is 38.0. The number of carbonyl (C=O) groups is 1. The van der Waals surface area contributed by atoms with Gasteiger partial charge >= 0.3 is 6.18 Å². The van der Waals surface area contributed by atoms with Gasteiger partial charge in [0.25, 0.3) is 5.91 Å². The molecule has 7 nitrogen and oxygen atoms in total. The Morgan fingerprint density at radius 3 is 2.88 bits per heavy atom. The SMILES string of the molecule is CN(CCCNC(=O)c1ccnc(-n2cncn2)c1)CC(F)(F)F. The van der Waals surface area contributed by atoms with Crippen LogP contribution in [0.5, 0.6) is 0 Å². The van der Waals surface area contributed by atoms with Crippen LogP contribution >= 0.6 is 0 Å². The summed E-state index contributed by atoms with van der Waals surface area (Å²) >= 11 is 0. The van der Waals surface area contributed by atoms with Crippen molar-refractivity contribution in [1.29, 1.82) is 0 Å². The highest BCUT2D eigenvalue weighted by Gasteiger charge is 2.28. The molecule has 0 bridgehead atoms. The fourth-order valence-corrected chi connectivity index (χ4v) is 2.05. The molecule has 0 spiro atoms. The van der Waals surface area contributed by atoms with Crippen LogP contribution < -0.4 is 5.32 Å². The van der Waals surface area contributed by atoms with Crippen molar-refractivity contribution in [2.75, 3.05) is 26.7 Å². The number of nitrogens with one attached hydrogen (secondary N) is 1. The standard InChI is InChI=1S/C14H17F3N6O/c1-22(8-14(15,16)17)6-2-4-20-13(24)11-3-5-19-12(7-11)23-10-18-9-21-23/h3,5,7,9-10H,2,4,6,8H2,1H3,(H,20,24). The lowest BCUT2D eigenvalue weighted by Crippen LogP contribution is -2.33. The van der Waals surface area contributed by atoms with E-state index in [9.17, 15) is 18.0 Å². The van der Waals surface area contributed by atoms with Gasteiger partial charge in [0, 0.05) is 18.3 Å². The molecule has 1 N–H and O–H groups in total. The summed E-state index contributed by atoms with van der Waals surface area (Å²) in [6, 6.07) is 3.10. The Morgan fingerprint density at radius 2 is 2.21 bits per heavy atom. The third-order valence-electron chi connectivity index (χ3n) is 3.11. The fraction of sp³-hybridized carbons (Fsp3) is 0.429. The highest BCUT2D eigenvalue weighted by Crippen LogP contribution is 2.15. The summed E-state index contributed by atoms with van der Waals surface area (Å²) in [6.45, 7) is -0.449. The number of hydrogen-bond donors (Lipinski definition) is 1.